The molecule has 0 aromatic carbocycles. The molecular formula is C17H30N2O2. The van der Waals surface area contributed by atoms with E-state index in [0.29, 0.717) is 0 Å². The number of fused-ring (bicyclic) bond motifs is 1. The maximum absolute atomic E-state index is 10.6. The highest BCUT2D eigenvalue weighted by Crippen LogP contribution is 2.52. The standard InChI is InChI=1S/C17H30N2O2/c1-14(2)7-9-16(5,18(14)20)11-13-12-21-19-15(3,4)8-10-17(13,19)6/h12,20H,7-11H2,1-6H3. The van der Waals surface area contributed by atoms with Crippen LogP contribution in [0, 0.1) is 0 Å². The van der Waals surface area contributed by atoms with Crippen molar-refractivity contribution in [1.82, 2.24) is 10.1 Å². The third-order valence-corrected chi connectivity index (χ3v) is 6.15. The molecule has 3 aliphatic heterocycles. The number of hydrogen-bond donors (Lipinski definition) is 1. The molecule has 3 rings (SSSR count). The van der Waals surface area contributed by atoms with Gasteiger partial charge in [-0.1, -0.05) is 0 Å². The van der Waals surface area contributed by atoms with Crippen molar-refractivity contribution in [3.63, 3.8) is 0 Å². The average Bonchev–Trinajstić information content (AvgIpc) is 2.90. The Balaban J connectivity index is 1.81. The van der Waals surface area contributed by atoms with Gasteiger partial charge in [0.2, 0.25) is 0 Å². The van der Waals surface area contributed by atoms with Gasteiger partial charge in [-0.25, -0.2) is 0 Å². The van der Waals surface area contributed by atoms with E-state index in [-0.39, 0.29) is 22.2 Å². The Morgan fingerprint density at radius 2 is 1.62 bits per heavy atom. The summed E-state index contributed by atoms with van der Waals surface area (Å²) in [4.78, 5) is 5.92. The van der Waals surface area contributed by atoms with Gasteiger partial charge >= 0.3 is 0 Å². The molecule has 2 saturated heterocycles. The molecule has 120 valence electrons. The summed E-state index contributed by atoms with van der Waals surface area (Å²) in [5.74, 6) is 0. The lowest BCUT2D eigenvalue weighted by Gasteiger charge is -2.40. The summed E-state index contributed by atoms with van der Waals surface area (Å²) in [6, 6.07) is 0. The lowest BCUT2D eigenvalue weighted by atomic mass is 9.81. The quantitative estimate of drug-likeness (QED) is 0.839. The Labute approximate surface area is 128 Å². The fraction of sp³-hybridized carbons (Fsp3) is 0.882. The fourth-order valence-corrected chi connectivity index (χ4v) is 4.54. The smallest absolute Gasteiger partial charge is 0.112 e. The van der Waals surface area contributed by atoms with E-state index >= 15 is 0 Å². The van der Waals surface area contributed by atoms with E-state index in [9.17, 15) is 5.21 Å². The van der Waals surface area contributed by atoms with Gasteiger partial charge in [0.15, 0.2) is 0 Å². The first-order valence-electron chi connectivity index (χ1n) is 8.17. The minimum Gasteiger partial charge on any atom is -0.412 e. The highest BCUT2D eigenvalue weighted by atomic mass is 16.7. The van der Waals surface area contributed by atoms with Gasteiger partial charge in [-0.15, -0.1) is 5.06 Å². The van der Waals surface area contributed by atoms with Crippen LogP contribution in [0.4, 0.5) is 0 Å². The zero-order chi connectivity index (χ0) is 15.7. The highest BCUT2D eigenvalue weighted by Gasteiger charge is 2.57. The minimum absolute atomic E-state index is 0.0138. The second-order valence-corrected chi connectivity index (χ2v) is 8.93. The Kier molecular flexibility index (Phi) is 3.09. The van der Waals surface area contributed by atoms with Gasteiger partial charge < -0.3 is 10.0 Å². The molecule has 0 amide bonds. The first kappa shape index (κ1) is 15.3. The van der Waals surface area contributed by atoms with E-state index in [1.54, 1.807) is 5.06 Å². The first-order valence-corrected chi connectivity index (χ1v) is 8.17. The molecule has 0 bridgehead atoms. The van der Waals surface area contributed by atoms with Crippen LogP contribution in [-0.2, 0) is 4.84 Å². The fourth-order valence-electron chi connectivity index (χ4n) is 4.54. The van der Waals surface area contributed by atoms with E-state index in [0.717, 1.165) is 32.1 Å². The van der Waals surface area contributed by atoms with E-state index < -0.39 is 0 Å². The lowest BCUT2D eigenvalue weighted by molar-refractivity contribution is -0.198. The van der Waals surface area contributed by atoms with Crippen LogP contribution in [0.1, 0.15) is 73.6 Å². The first-order chi connectivity index (χ1) is 9.51. The molecule has 3 aliphatic rings. The molecule has 0 saturated carbocycles. The molecule has 3 heterocycles. The second-order valence-electron chi connectivity index (χ2n) is 8.93. The van der Waals surface area contributed by atoms with Crippen LogP contribution in [0.25, 0.3) is 0 Å². The maximum Gasteiger partial charge on any atom is 0.112 e. The number of hydroxylamine groups is 4. The molecule has 0 aromatic heterocycles. The molecule has 4 heteroatoms. The van der Waals surface area contributed by atoms with Crippen molar-refractivity contribution in [2.24, 2.45) is 0 Å². The topological polar surface area (TPSA) is 35.9 Å². The second kappa shape index (κ2) is 4.24. The lowest BCUT2D eigenvalue weighted by Crippen LogP contribution is -2.50. The summed E-state index contributed by atoms with van der Waals surface area (Å²) >= 11 is 0. The third kappa shape index (κ3) is 2.07. The molecule has 1 N–H and O–H groups in total. The van der Waals surface area contributed by atoms with Crippen LogP contribution in [0.15, 0.2) is 11.8 Å². The van der Waals surface area contributed by atoms with Crippen molar-refractivity contribution < 1.29 is 10.0 Å². The van der Waals surface area contributed by atoms with Gasteiger partial charge in [-0.2, -0.15) is 5.06 Å². The Morgan fingerprint density at radius 1 is 1.00 bits per heavy atom. The predicted molar refractivity (Wildman–Crippen MR) is 82.7 cm³/mol. The summed E-state index contributed by atoms with van der Waals surface area (Å²) < 4.78 is 0. The number of hydrogen-bond acceptors (Lipinski definition) is 4. The molecule has 0 radical (unpaired) electrons. The van der Waals surface area contributed by atoms with Gasteiger partial charge in [0.05, 0.1) is 11.1 Å². The van der Waals surface area contributed by atoms with Crippen LogP contribution < -0.4 is 0 Å². The number of rotatable bonds is 2. The molecule has 4 nitrogen and oxygen atoms in total. The zero-order valence-electron chi connectivity index (χ0n) is 14.4. The van der Waals surface area contributed by atoms with Crippen molar-refractivity contribution in [2.75, 3.05) is 0 Å². The summed E-state index contributed by atoms with van der Waals surface area (Å²) in [6.45, 7) is 13.2. The van der Waals surface area contributed by atoms with Crippen molar-refractivity contribution in [2.45, 2.75) is 95.8 Å². The maximum atomic E-state index is 10.6. The van der Waals surface area contributed by atoms with E-state index in [1.165, 1.54) is 5.57 Å². The van der Waals surface area contributed by atoms with Gasteiger partial charge in [0.1, 0.15) is 6.26 Å². The van der Waals surface area contributed by atoms with Crippen molar-refractivity contribution in [3.05, 3.63) is 11.8 Å². The van der Waals surface area contributed by atoms with Crippen LogP contribution in [0.3, 0.4) is 0 Å². The normalized spacial score (nSPS) is 42.0. The van der Waals surface area contributed by atoms with Crippen LogP contribution in [0.2, 0.25) is 0 Å². The van der Waals surface area contributed by atoms with Crippen molar-refractivity contribution >= 4 is 0 Å². The Hall–Kier alpha value is -0.580. The van der Waals surface area contributed by atoms with E-state index in [4.69, 9.17) is 4.84 Å². The monoisotopic (exact) mass is 294 g/mol. The predicted octanol–water partition coefficient (Wildman–Crippen LogP) is 3.86. The van der Waals surface area contributed by atoms with E-state index in [2.05, 4.69) is 46.6 Å². The van der Waals surface area contributed by atoms with Gasteiger partial charge in [0, 0.05) is 11.1 Å². The summed E-state index contributed by atoms with van der Waals surface area (Å²) in [5.41, 5.74) is 1.07. The number of nitrogens with zero attached hydrogens (tertiary/aromatic N) is 2. The molecule has 21 heavy (non-hydrogen) atoms. The van der Waals surface area contributed by atoms with Gasteiger partial charge in [-0.05, 0) is 79.2 Å². The Bertz CT molecular complexity index is 485. The van der Waals surface area contributed by atoms with E-state index in [1.807, 2.05) is 6.26 Å². The van der Waals surface area contributed by atoms with Gasteiger partial charge in [-0.3, -0.25) is 0 Å². The molecule has 0 spiro atoms. The SMILES string of the molecule is CC1(C)CCC(C)(CC2=CON3C(C)(C)CCC23C)N1O. The summed E-state index contributed by atoms with van der Waals surface area (Å²) in [6.07, 6.45) is 7.12. The summed E-state index contributed by atoms with van der Waals surface area (Å²) in [7, 11) is 0. The van der Waals surface area contributed by atoms with Crippen molar-refractivity contribution in [1.29, 1.82) is 0 Å². The molecule has 2 atom stereocenters. The molecule has 2 fully saturated rings. The largest absolute Gasteiger partial charge is 0.412 e. The third-order valence-electron chi connectivity index (χ3n) is 6.15. The van der Waals surface area contributed by atoms with Crippen LogP contribution in [-0.4, -0.2) is 37.5 Å². The average molecular weight is 294 g/mol. The highest BCUT2D eigenvalue weighted by molar-refractivity contribution is 5.27. The molecule has 2 unspecified atom stereocenters. The van der Waals surface area contributed by atoms with Crippen LogP contribution >= 0.6 is 0 Å². The molecular weight excluding hydrogens is 264 g/mol. The Morgan fingerprint density at radius 3 is 2.19 bits per heavy atom. The molecule has 0 aliphatic carbocycles. The molecule has 0 aromatic rings. The zero-order valence-corrected chi connectivity index (χ0v) is 14.4. The van der Waals surface area contributed by atoms with Crippen molar-refractivity contribution in [3.8, 4) is 0 Å². The van der Waals surface area contributed by atoms with Gasteiger partial charge in [0.25, 0.3) is 0 Å². The minimum atomic E-state index is -0.190. The van der Waals surface area contributed by atoms with Crippen LogP contribution in [0.5, 0.6) is 0 Å². The summed E-state index contributed by atoms with van der Waals surface area (Å²) in [5, 5.41) is 14.4.